The van der Waals surface area contributed by atoms with Gasteiger partial charge in [-0.25, -0.2) is 0 Å². The van der Waals surface area contributed by atoms with Crippen LogP contribution in [0.15, 0.2) is 54.6 Å². The molecular weight excluding hydrogens is 324 g/mol. The molecule has 3 aliphatic carbocycles. The van der Waals surface area contributed by atoms with Crippen molar-refractivity contribution >= 4 is 0 Å². The van der Waals surface area contributed by atoms with Crippen molar-refractivity contribution in [3.63, 3.8) is 0 Å². The van der Waals surface area contributed by atoms with Crippen LogP contribution in [0.1, 0.15) is 45.2 Å². The molecule has 0 saturated heterocycles. The predicted molar refractivity (Wildman–Crippen MR) is 101 cm³/mol. The molecule has 0 atom stereocenters. The summed E-state index contributed by atoms with van der Waals surface area (Å²) in [5.74, 6) is 3.02. The maximum atomic E-state index is 5.75. The summed E-state index contributed by atoms with van der Waals surface area (Å²) < 4.78 is 17.3. The van der Waals surface area contributed by atoms with E-state index in [4.69, 9.17) is 14.2 Å². The van der Waals surface area contributed by atoms with Crippen molar-refractivity contribution in [1.29, 1.82) is 0 Å². The smallest absolute Gasteiger partial charge is 0.123 e. The SMILES string of the molecule is COc1cccc2c1C1c3cccc(OC)c3C2c2c(OC)cccc21. The molecule has 0 fully saturated rings. The Morgan fingerprint density at radius 3 is 1.23 bits per heavy atom. The van der Waals surface area contributed by atoms with Crippen molar-refractivity contribution in [1.82, 2.24) is 0 Å². The molecule has 3 heteroatoms. The highest BCUT2D eigenvalue weighted by Crippen LogP contribution is 2.61. The highest BCUT2D eigenvalue weighted by Gasteiger charge is 2.45. The first-order chi connectivity index (χ1) is 12.8. The number of ether oxygens (including phenoxy) is 3. The van der Waals surface area contributed by atoms with Crippen LogP contribution in [0.25, 0.3) is 0 Å². The maximum Gasteiger partial charge on any atom is 0.123 e. The molecule has 0 unspecified atom stereocenters. The quantitative estimate of drug-likeness (QED) is 0.475. The third-order valence-electron chi connectivity index (χ3n) is 5.76. The van der Waals surface area contributed by atoms with Gasteiger partial charge < -0.3 is 14.2 Å². The Kier molecular flexibility index (Phi) is 3.26. The van der Waals surface area contributed by atoms with Gasteiger partial charge in [-0.2, -0.15) is 0 Å². The van der Waals surface area contributed by atoms with E-state index < -0.39 is 0 Å². The van der Waals surface area contributed by atoms with Gasteiger partial charge >= 0.3 is 0 Å². The van der Waals surface area contributed by atoms with Crippen molar-refractivity contribution < 1.29 is 14.2 Å². The second kappa shape index (κ2) is 5.53. The standard InChI is InChI=1S/C23H20O3/c1-24-16-10-6-9-15-20(16)19-13-7-4-11-17(25-2)21(13)23(15)22-14(19)8-5-12-18(22)26-3/h4-12,19,23H,1-3H3. The Morgan fingerprint density at radius 2 is 0.846 bits per heavy atom. The normalized spacial score (nSPS) is 18.6. The van der Waals surface area contributed by atoms with Gasteiger partial charge in [0.1, 0.15) is 17.2 Å². The molecule has 0 spiro atoms. The monoisotopic (exact) mass is 344 g/mol. The molecule has 0 radical (unpaired) electrons. The lowest BCUT2D eigenvalue weighted by Gasteiger charge is -2.43. The van der Waals surface area contributed by atoms with Gasteiger partial charge in [-0.15, -0.1) is 0 Å². The maximum absolute atomic E-state index is 5.75. The average molecular weight is 344 g/mol. The molecule has 0 saturated carbocycles. The van der Waals surface area contributed by atoms with Crippen LogP contribution in [0.2, 0.25) is 0 Å². The summed E-state index contributed by atoms with van der Waals surface area (Å²) >= 11 is 0. The van der Waals surface area contributed by atoms with E-state index in [1.807, 2.05) is 0 Å². The number of hydrogen-bond donors (Lipinski definition) is 0. The van der Waals surface area contributed by atoms with Gasteiger partial charge in [-0.1, -0.05) is 36.4 Å². The summed E-state index contributed by atoms with van der Waals surface area (Å²) in [6.07, 6.45) is 0. The second-order valence-corrected chi connectivity index (χ2v) is 6.76. The molecule has 0 heterocycles. The fourth-order valence-corrected chi connectivity index (χ4v) is 4.83. The summed E-state index contributed by atoms with van der Waals surface area (Å²) in [4.78, 5) is 0. The average Bonchev–Trinajstić information content (AvgIpc) is 2.71. The molecule has 0 amide bonds. The Hall–Kier alpha value is -2.94. The van der Waals surface area contributed by atoms with Gasteiger partial charge in [-0.3, -0.25) is 0 Å². The predicted octanol–water partition coefficient (Wildman–Crippen LogP) is 4.70. The van der Waals surface area contributed by atoms with Crippen molar-refractivity contribution in [3.05, 3.63) is 88.0 Å². The van der Waals surface area contributed by atoms with E-state index in [1.54, 1.807) is 21.3 Å². The Morgan fingerprint density at radius 1 is 0.500 bits per heavy atom. The molecule has 0 aliphatic heterocycles. The zero-order valence-electron chi connectivity index (χ0n) is 15.1. The Labute approximate surface area is 153 Å². The van der Waals surface area contributed by atoms with Gasteiger partial charge in [-0.05, 0) is 34.9 Å². The van der Waals surface area contributed by atoms with Crippen LogP contribution >= 0.6 is 0 Å². The molecule has 3 aromatic carbocycles. The zero-order chi connectivity index (χ0) is 17.8. The third-order valence-corrected chi connectivity index (χ3v) is 5.76. The van der Waals surface area contributed by atoms with E-state index in [-0.39, 0.29) is 11.8 Å². The van der Waals surface area contributed by atoms with Crippen molar-refractivity contribution in [2.75, 3.05) is 21.3 Å². The molecule has 3 aliphatic rings. The Bertz CT molecular complexity index is 966. The van der Waals surface area contributed by atoms with Crippen LogP contribution in [0, 0.1) is 0 Å². The minimum Gasteiger partial charge on any atom is -0.496 e. The molecule has 26 heavy (non-hydrogen) atoms. The molecule has 2 bridgehead atoms. The second-order valence-electron chi connectivity index (χ2n) is 6.76. The number of hydrogen-bond acceptors (Lipinski definition) is 3. The first-order valence-electron chi connectivity index (χ1n) is 8.80. The highest BCUT2D eigenvalue weighted by atomic mass is 16.5. The summed E-state index contributed by atoms with van der Waals surface area (Å²) in [5.41, 5.74) is 7.64. The van der Waals surface area contributed by atoms with E-state index in [0.29, 0.717) is 0 Å². The first-order valence-corrected chi connectivity index (χ1v) is 8.80. The Balaban J connectivity index is 1.92. The van der Waals surface area contributed by atoms with Gasteiger partial charge in [0, 0.05) is 28.5 Å². The fraction of sp³-hybridized carbons (Fsp3) is 0.217. The minimum absolute atomic E-state index is 0.0856. The van der Waals surface area contributed by atoms with Crippen molar-refractivity contribution in [2.45, 2.75) is 11.8 Å². The molecule has 0 N–H and O–H groups in total. The number of methoxy groups -OCH3 is 3. The summed E-state index contributed by atoms with van der Waals surface area (Å²) in [5, 5.41) is 0. The lowest BCUT2D eigenvalue weighted by atomic mass is 9.60. The van der Waals surface area contributed by atoms with E-state index in [2.05, 4.69) is 54.6 Å². The minimum atomic E-state index is 0.0856. The largest absolute Gasteiger partial charge is 0.496 e. The molecule has 3 nitrogen and oxygen atoms in total. The highest BCUT2D eigenvalue weighted by molar-refractivity contribution is 5.74. The van der Waals surface area contributed by atoms with Crippen LogP contribution in [-0.2, 0) is 0 Å². The van der Waals surface area contributed by atoms with Crippen LogP contribution in [-0.4, -0.2) is 21.3 Å². The van der Waals surface area contributed by atoms with Crippen molar-refractivity contribution in [2.24, 2.45) is 0 Å². The lowest BCUT2D eigenvalue weighted by molar-refractivity contribution is 0.392. The third kappa shape index (κ3) is 1.78. The van der Waals surface area contributed by atoms with Gasteiger partial charge in [0.2, 0.25) is 0 Å². The van der Waals surface area contributed by atoms with E-state index in [9.17, 15) is 0 Å². The van der Waals surface area contributed by atoms with Crippen molar-refractivity contribution in [3.8, 4) is 17.2 Å². The zero-order valence-corrected chi connectivity index (χ0v) is 15.1. The topological polar surface area (TPSA) is 27.7 Å². The van der Waals surface area contributed by atoms with Crippen LogP contribution in [0.3, 0.4) is 0 Å². The molecule has 3 aromatic rings. The molecule has 130 valence electrons. The number of rotatable bonds is 3. The molecule has 0 aromatic heterocycles. The fourth-order valence-electron chi connectivity index (χ4n) is 4.83. The van der Waals surface area contributed by atoms with Crippen LogP contribution < -0.4 is 14.2 Å². The number of benzene rings is 3. The molecule has 6 rings (SSSR count). The van der Waals surface area contributed by atoms with E-state index >= 15 is 0 Å². The summed E-state index contributed by atoms with van der Waals surface area (Å²) in [6.45, 7) is 0. The lowest BCUT2D eigenvalue weighted by Crippen LogP contribution is -2.29. The first kappa shape index (κ1) is 15.3. The van der Waals surface area contributed by atoms with Gasteiger partial charge in [0.05, 0.1) is 21.3 Å². The van der Waals surface area contributed by atoms with Gasteiger partial charge in [0.15, 0.2) is 0 Å². The summed E-state index contributed by atoms with van der Waals surface area (Å²) in [6, 6.07) is 19.0. The molecular formula is C23H20O3. The van der Waals surface area contributed by atoms with Crippen LogP contribution in [0.5, 0.6) is 17.2 Å². The van der Waals surface area contributed by atoms with E-state index in [0.717, 1.165) is 17.2 Å². The van der Waals surface area contributed by atoms with Crippen LogP contribution in [0.4, 0.5) is 0 Å². The van der Waals surface area contributed by atoms with E-state index in [1.165, 1.54) is 33.4 Å². The van der Waals surface area contributed by atoms with Gasteiger partial charge in [0.25, 0.3) is 0 Å². The summed E-state index contributed by atoms with van der Waals surface area (Å²) in [7, 11) is 5.23.